The molecule has 0 saturated carbocycles. The molecule has 6 nitrogen and oxygen atoms in total. The molecular formula is C23H26N2O4S. The predicted molar refractivity (Wildman–Crippen MR) is 117 cm³/mol. The lowest BCUT2D eigenvalue weighted by molar-refractivity contribution is 0.0420. The Morgan fingerprint density at radius 2 is 1.80 bits per heavy atom. The third-order valence-corrected chi connectivity index (χ3v) is 6.05. The van der Waals surface area contributed by atoms with Crippen LogP contribution in [-0.2, 0) is 16.4 Å². The number of rotatable bonds is 8. The van der Waals surface area contributed by atoms with E-state index in [0.29, 0.717) is 17.7 Å². The zero-order chi connectivity index (χ0) is 21.7. The normalized spacial score (nSPS) is 13.6. The van der Waals surface area contributed by atoms with Crippen LogP contribution in [0.4, 0.5) is 0 Å². The maximum absolute atomic E-state index is 11.8. The van der Waals surface area contributed by atoms with Crippen LogP contribution < -0.4 is 9.88 Å². The summed E-state index contributed by atoms with van der Waals surface area (Å²) in [6, 6.07) is 16.3. The van der Waals surface area contributed by atoms with Gasteiger partial charge in [-0.05, 0) is 73.2 Å². The second kappa shape index (κ2) is 9.38. The van der Waals surface area contributed by atoms with Crippen molar-refractivity contribution in [2.45, 2.75) is 43.8 Å². The molecular weight excluding hydrogens is 400 g/mol. The number of aliphatic hydroxyl groups is 1. The Hall–Kier alpha value is -2.74. The van der Waals surface area contributed by atoms with Gasteiger partial charge in [0.25, 0.3) is 0 Å². The number of nitrogens with zero attached hydrogens (tertiary/aromatic N) is 1. The number of benzene rings is 2. The maximum Gasteiger partial charge on any atom is 0.238 e. The highest BCUT2D eigenvalue weighted by Crippen LogP contribution is 2.27. The van der Waals surface area contributed by atoms with Crippen molar-refractivity contribution in [2.75, 3.05) is 0 Å². The molecule has 0 spiro atoms. The second-order valence-corrected chi connectivity index (χ2v) is 8.87. The molecule has 0 saturated heterocycles. The Morgan fingerprint density at radius 1 is 1.10 bits per heavy atom. The lowest BCUT2D eigenvalue weighted by atomic mass is 10.0. The molecule has 3 N–H and O–H groups in total. The van der Waals surface area contributed by atoms with E-state index in [1.165, 1.54) is 0 Å². The summed E-state index contributed by atoms with van der Waals surface area (Å²) in [6.07, 6.45) is 3.83. The van der Waals surface area contributed by atoms with Crippen molar-refractivity contribution in [2.24, 2.45) is 5.14 Å². The minimum atomic E-state index is -3.78. The monoisotopic (exact) mass is 426 g/mol. The average molecular weight is 427 g/mol. The number of hydrogen-bond donors (Lipinski definition) is 2. The molecule has 158 valence electrons. The van der Waals surface area contributed by atoms with Crippen LogP contribution in [0.25, 0.3) is 11.1 Å². The van der Waals surface area contributed by atoms with Crippen LogP contribution in [0.3, 0.4) is 0 Å². The zero-order valence-corrected chi connectivity index (χ0v) is 17.8. The molecule has 1 aromatic heterocycles. The molecule has 7 heteroatoms. The first-order valence-electron chi connectivity index (χ1n) is 9.71. The van der Waals surface area contributed by atoms with E-state index in [1.54, 1.807) is 43.6 Å². The van der Waals surface area contributed by atoms with Crippen LogP contribution >= 0.6 is 0 Å². The maximum atomic E-state index is 11.8. The van der Waals surface area contributed by atoms with E-state index in [4.69, 9.17) is 9.88 Å². The number of ether oxygens (including phenoxy) is 1. The molecule has 30 heavy (non-hydrogen) atoms. The fourth-order valence-corrected chi connectivity index (χ4v) is 4.01. The number of pyridine rings is 1. The lowest BCUT2D eigenvalue weighted by Gasteiger charge is -2.20. The van der Waals surface area contributed by atoms with Gasteiger partial charge < -0.3 is 9.84 Å². The molecule has 2 atom stereocenters. The molecule has 0 fully saturated rings. The summed E-state index contributed by atoms with van der Waals surface area (Å²) >= 11 is 0. The Morgan fingerprint density at radius 3 is 2.43 bits per heavy atom. The highest BCUT2D eigenvalue weighted by atomic mass is 32.2. The largest absolute Gasteiger partial charge is 0.488 e. The van der Waals surface area contributed by atoms with Crippen molar-refractivity contribution in [3.8, 4) is 16.9 Å². The molecule has 2 aromatic carbocycles. The minimum Gasteiger partial charge on any atom is -0.488 e. The average Bonchev–Trinajstić information content (AvgIpc) is 2.73. The number of nitrogens with two attached hydrogens (primary N) is 1. The second-order valence-electron chi connectivity index (χ2n) is 7.34. The summed E-state index contributed by atoms with van der Waals surface area (Å²) in [5, 5.41) is 15.7. The van der Waals surface area contributed by atoms with Gasteiger partial charge in [0.1, 0.15) is 11.9 Å². The van der Waals surface area contributed by atoms with Gasteiger partial charge in [-0.15, -0.1) is 0 Å². The van der Waals surface area contributed by atoms with Crippen LogP contribution in [-0.4, -0.2) is 30.7 Å². The number of sulfonamides is 1. The van der Waals surface area contributed by atoms with E-state index in [0.717, 1.165) is 23.1 Å². The Bertz CT molecular complexity index is 1080. The van der Waals surface area contributed by atoms with E-state index in [-0.39, 0.29) is 11.0 Å². The number of hydrogen-bond acceptors (Lipinski definition) is 5. The van der Waals surface area contributed by atoms with Crippen molar-refractivity contribution in [1.29, 1.82) is 0 Å². The molecule has 0 bridgehead atoms. The fourth-order valence-electron chi connectivity index (χ4n) is 3.20. The van der Waals surface area contributed by atoms with Gasteiger partial charge in [0.2, 0.25) is 10.0 Å². The molecule has 0 aliphatic carbocycles. The van der Waals surface area contributed by atoms with E-state index in [1.807, 2.05) is 37.3 Å². The fraction of sp³-hybridized carbons (Fsp3) is 0.261. The van der Waals surface area contributed by atoms with Gasteiger partial charge in [-0.3, -0.25) is 4.98 Å². The summed E-state index contributed by atoms with van der Waals surface area (Å²) < 4.78 is 29.4. The molecule has 0 aliphatic heterocycles. The van der Waals surface area contributed by atoms with Crippen molar-refractivity contribution in [3.63, 3.8) is 0 Å². The number of aromatic nitrogens is 1. The summed E-state index contributed by atoms with van der Waals surface area (Å²) in [5.74, 6) is 0.630. The van der Waals surface area contributed by atoms with E-state index >= 15 is 0 Å². The van der Waals surface area contributed by atoms with Crippen molar-refractivity contribution >= 4 is 10.0 Å². The lowest BCUT2D eigenvalue weighted by Crippen LogP contribution is -2.29. The van der Waals surface area contributed by atoms with Gasteiger partial charge >= 0.3 is 0 Å². The van der Waals surface area contributed by atoms with Crippen LogP contribution in [0.2, 0.25) is 0 Å². The SMILES string of the molecule is Cc1ccc(-c2ccc(OC(C)C(O)CCc3cccnc3)cc2)cc1S(N)(=O)=O. The highest BCUT2D eigenvalue weighted by molar-refractivity contribution is 7.89. The van der Waals surface area contributed by atoms with E-state index in [9.17, 15) is 13.5 Å². The third kappa shape index (κ3) is 5.66. The number of aryl methyl sites for hydroxylation is 2. The predicted octanol–water partition coefficient (Wildman–Crippen LogP) is 3.47. The van der Waals surface area contributed by atoms with Gasteiger partial charge in [0.05, 0.1) is 11.0 Å². The van der Waals surface area contributed by atoms with Crippen LogP contribution in [0.5, 0.6) is 5.75 Å². The van der Waals surface area contributed by atoms with E-state index < -0.39 is 16.1 Å². The molecule has 3 rings (SSSR count). The first-order valence-corrected chi connectivity index (χ1v) is 11.3. The van der Waals surface area contributed by atoms with Crippen LogP contribution in [0.1, 0.15) is 24.5 Å². The number of aliphatic hydroxyl groups excluding tert-OH is 1. The van der Waals surface area contributed by atoms with Gasteiger partial charge in [-0.1, -0.05) is 30.3 Å². The Kier molecular flexibility index (Phi) is 6.87. The van der Waals surface area contributed by atoms with Crippen molar-refractivity contribution < 1.29 is 18.3 Å². The third-order valence-electron chi connectivity index (χ3n) is 5.00. The van der Waals surface area contributed by atoms with Gasteiger partial charge in [-0.2, -0.15) is 0 Å². The summed E-state index contributed by atoms with van der Waals surface area (Å²) in [4.78, 5) is 4.20. The summed E-state index contributed by atoms with van der Waals surface area (Å²) in [7, 11) is -3.78. The molecule has 2 unspecified atom stereocenters. The number of primary sulfonamides is 1. The Balaban J connectivity index is 1.64. The molecule has 0 aliphatic rings. The summed E-state index contributed by atoms with van der Waals surface area (Å²) in [6.45, 7) is 3.54. The van der Waals surface area contributed by atoms with Gasteiger partial charge in [-0.25, -0.2) is 13.6 Å². The quantitative estimate of drug-likeness (QED) is 0.574. The molecule has 1 heterocycles. The smallest absolute Gasteiger partial charge is 0.238 e. The first kappa shape index (κ1) is 22.0. The van der Waals surface area contributed by atoms with Crippen molar-refractivity contribution in [3.05, 3.63) is 78.1 Å². The first-order chi connectivity index (χ1) is 14.2. The van der Waals surface area contributed by atoms with Gasteiger partial charge in [0.15, 0.2) is 0 Å². The zero-order valence-electron chi connectivity index (χ0n) is 17.0. The van der Waals surface area contributed by atoms with Crippen LogP contribution in [0, 0.1) is 6.92 Å². The van der Waals surface area contributed by atoms with Crippen molar-refractivity contribution in [1.82, 2.24) is 4.98 Å². The minimum absolute atomic E-state index is 0.116. The van der Waals surface area contributed by atoms with E-state index in [2.05, 4.69) is 4.98 Å². The standard InChI is InChI=1S/C23H26N2O4S/c1-16-5-7-20(14-23(16)30(24,27)28)19-8-10-21(11-9-19)29-17(2)22(26)12-6-18-4-3-13-25-15-18/h3-5,7-11,13-15,17,22,26H,6,12H2,1-2H3,(H2,24,27,28). The topological polar surface area (TPSA) is 103 Å². The van der Waals surface area contributed by atoms with Crippen LogP contribution in [0.15, 0.2) is 71.9 Å². The highest BCUT2D eigenvalue weighted by Gasteiger charge is 2.16. The Labute approximate surface area is 177 Å². The molecule has 0 radical (unpaired) electrons. The van der Waals surface area contributed by atoms with Gasteiger partial charge in [0, 0.05) is 12.4 Å². The molecule has 0 amide bonds. The molecule has 3 aromatic rings. The summed E-state index contributed by atoms with van der Waals surface area (Å²) in [5.41, 5.74) is 3.28.